The molecule has 0 saturated carbocycles. The molecule has 2 aliphatic rings. The molecule has 0 unspecified atom stereocenters. The SMILES string of the molecule is CC[Si]1(CC)C2=C([Si](CC)(CC)c3ccccc31)[Si](CC)(CC)c1ccccc1[Si]2(CC)CC. The Morgan fingerprint density at radius 2 is 0.529 bits per heavy atom. The van der Waals surface area contributed by atoms with E-state index < -0.39 is 32.3 Å². The van der Waals surface area contributed by atoms with Gasteiger partial charge in [-0.15, -0.1) is 0 Å². The third-order valence-corrected chi connectivity index (χ3v) is 38.5. The van der Waals surface area contributed by atoms with Gasteiger partial charge >= 0.3 is 0 Å². The minimum Gasteiger partial charge on any atom is -0.0884 e. The van der Waals surface area contributed by atoms with Gasteiger partial charge < -0.3 is 0 Å². The molecule has 0 N–H and O–H groups in total. The second-order valence-electron chi connectivity index (χ2n) is 11.0. The van der Waals surface area contributed by atoms with Crippen LogP contribution < -0.4 is 20.7 Å². The second-order valence-corrected chi connectivity index (χ2v) is 30.5. The van der Waals surface area contributed by atoms with Crippen LogP contribution >= 0.6 is 0 Å². The molecule has 184 valence electrons. The molecule has 0 radical (unpaired) electrons. The van der Waals surface area contributed by atoms with E-state index in [0.29, 0.717) is 0 Å². The maximum Gasteiger partial charge on any atom is 0.108 e. The van der Waals surface area contributed by atoms with Crippen LogP contribution in [0.3, 0.4) is 0 Å². The number of hydrogen-bond donors (Lipinski definition) is 0. The summed E-state index contributed by atoms with van der Waals surface area (Å²) in [6.45, 7) is 20.6. The summed E-state index contributed by atoms with van der Waals surface area (Å²) < 4.78 is 0. The lowest BCUT2D eigenvalue weighted by molar-refractivity contribution is 1.19. The summed E-state index contributed by atoms with van der Waals surface area (Å²) in [6.07, 6.45) is 0. The number of hydrogen-bond acceptors (Lipinski definition) is 0. The molecule has 2 aliphatic heterocycles. The molecule has 0 atom stereocenters. The molecule has 0 fully saturated rings. The first-order valence-electron chi connectivity index (χ1n) is 14.4. The Labute approximate surface area is 214 Å². The van der Waals surface area contributed by atoms with E-state index in [9.17, 15) is 0 Å². The summed E-state index contributed by atoms with van der Waals surface area (Å²) in [5.41, 5.74) is 0. The van der Waals surface area contributed by atoms with Crippen molar-refractivity contribution in [2.24, 2.45) is 0 Å². The Morgan fingerprint density at radius 1 is 0.353 bits per heavy atom. The van der Waals surface area contributed by atoms with E-state index in [4.69, 9.17) is 0 Å². The average Bonchev–Trinajstić information content (AvgIpc) is 2.91. The lowest BCUT2D eigenvalue weighted by atomic mass is 10.4. The maximum atomic E-state index is 2.64. The molecule has 0 aliphatic carbocycles. The predicted octanol–water partition coefficient (Wildman–Crippen LogP) is 6.65. The quantitative estimate of drug-likeness (QED) is 0.342. The number of rotatable bonds is 8. The molecule has 2 aromatic rings. The fourth-order valence-corrected chi connectivity index (χ4v) is 45.7. The van der Waals surface area contributed by atoms with Crippen molar-refractivity contribution in [2.75, 3.05) is 0 Å². The van der Waals surface area contributed by atoms with E-state index in [0.717, 1.165) is 0 Å². The smallest absolute Gasteiger partial charge is 0.0884 e. The summed E-state index contributed by atoms with van der Waals surface area (Å²) in [6, 6.07) is 31.3. The van der Waals surface area contributed by atoms with Gasteiger partial charge in [-0.2, -0.15) is 0 Å². The van der Waals surface area contributed by atoms with E-state index in [2.05, 4.69) is 114 Å². The normalized spacial score (nSPS) is 20.9. The molecular formula is C30H48Si4. The molecule has 0 amide bonds. The average molecular weight is 521 g/mol. The van der Waals surface area contributed by atoms with Crippen LogP contribution in [0.1, 0.15) is 55.4 Å². The summed E-state index contributed by atoms with van der Waals surface area (Å²) in [5, 5.41) is 7.56. The highest BCUT2D eigenvalue weighted by Crippen LogP contribution is 2.50. The van der Waals surface area contributed by atoms with Crippen LogP contribution in [-0.4, -0.2) is 32.3 Å². The van der Waals surface area contributed by atoms with Crippen molar-refractivity contribution < 1.29 is 0 Å². The van der Waals surface area contributed by atoms with E-state index in [-0.39, 0.29) is 0 Å². The molecule has 0 bridgehead atoms. The van der Waals surface area contributed by atoms with Gasteiger partial charge in [0.15, 0.2) is 0 Å². The van der Waals surface area contributed by atoms with Gasteiger partial charge in [0.1, 0.15) is 32.3 Å². The first-order chi connectivity index (χ1) is 16.4. The van der Waals surface area contributed by atoms with Gasteiger partial charge in [-0.25, -0.2) is 0 Å². The summed E-state index contributed by atoms with van der Waals surface area (Å²) in [7, 11) is -7.16. The van der Waals surface area contributed by atoms with Crippen LogP contribution in [0.25, 0.3) is 0 Å². The number of benzene rings is 2. The molecule has 0 nitrogen and oxygen atoms in total. The Morgan fingerprint density at radius 3 is 0.676 bits per heavy atom. The van der Waals surface area contributed by atoms with E-state index in [1.165, 1.54) is 48.4 Å². The van der Waals surface area contributed by atoms with Crippen molar-refractivity contribution in [3.05, 3.63) is 58.2 Å². The zero-order valence-corrected chi connectivity index (χ0v) is 27.3. The van der Waals surface area contributed by atoms with Gasteiger partial charge in [-0.1, -0.05) is 183 Å². The topological polar surface area (TPSA) is 0 Å². The summed E-state index contributed by atoms with van der Waals surface area (Å²) in [5.74, 6) is 0. The second kappa shape index (κ2) is 9.49. The van der Waals surface area contributed by atoms with Crippen LogP contribution in [0.15, 0.2) is 58.2 Å². The molecule has 4 rings (SSSR count). The summed E-state index contributed by atoms with van der Waals surface area (Å²) >= 11 is 0. The highest BCUT2D eigenvalue weighted by atomic mass is 28.4. The van der Waals surface area contributed by atoms with Crippen molar-refractivity contribution in [2.45, 2.75) is 104 Å². The Hall–Kier alpha value is -0.952. The standard InChI is InChI=1S/C30H48Si4/c1-9-31(10-2)25-21-17-18-22-26(25)33(13-5,14-6)30-29(31)32(11-3,12-4)27-23-19-20-24-28(27)34(30,15-7)16-8/h17-24H,9-16H2,1-8H3. The highest BCUT2D eigenvalue weighted by molar-refractivity contribution is 7.31. The Kier molecular flexibility index (Phi) is 7.29. The predicted molar refractivity (Wildman–Crippen MR) is 165 cm³/mol. The van der Waals surface area contributed by atoms with Crippen molar-refractivity contribution in [1.29, 1.82) is 0 Å². The maximum absolute atomic E-state index is 2.64. The van der Waals surface area contributed by atoms with Crippen molar-refractivity contribution in [3.8, 4) is 0 Å². The summed E-state index contributed by atoms with van der Waals surface area (Å²) in [4.78, 5) is 4.47. The van der Waals surface area contributed by atoms with Gasteiger partial charge in [-0.05, 0) is 0 Å². The third kappa shape index (κ3) is 2.98. The molecule has 34 heavy (non-hydrogen) atoms. The zero-order chi connectivity index (χ0) is 24.8. The molecule has 2 aromatic carbocycles. The van der Waals surface area contributed by atoms with Crippen LogP contribution in [0.4, 0.5) is 0 Å². The van der Waals surface area contributed by atoms with E-state index >= 15 is 0 Å². The van der Waals surface area contributed by atoms with Crippen LogP contribution in [0.5, 0.6) is 0 Å². The fourth-order valence-electron chi connectivity index (χ4n) is 8.99. The first kappa shape index (κ1) is 26.1. The lowest BCUT2D eigenvalue weighted by Gasteiger charge is -2.61. The molecular weight excluding hydrogens is 473 g/mol. The van der Waals surface area contributed by atoms with Gasteiger partial charge in [0.2, 0.25) is 0 Å². The molecule has 4 heteroatoms. The largest absolute Gasteiger partial charge is 0.108 e. The Balaban J connectivity index is 2.35. The molecule has 2 heterocycles. The van der Waals surface area contributed by atoms with Crippen molar-refractivity contribution in [3.63, 3.8) is 0 Å². The molecule has 0 saturated heterocycles. The first-order valence-corrected chi connectivity index (χ1v) is 24.0. The van der Waals surface area contributed by atoms with Gasteiger partial charge in [0, 0.05) is 0 Å². The lowest BCUT2D eigenvalue weighted by Crippen LogP contribution is -2.82. The highest BCUT2D eigenvalue weighted by Gasteiger charge is 2.64. The fraction of sp³-hybridized carbons (Fsp3) is 0.533. The van der Waals surface area contributed by atoms with Crippen LogP contribution in [0.2, 0.25) is 48.4 Å². The molecule has 0 aromatic heterocycles. The minimum absolute atomic E-state index is 1.39. The van der Waals surface area contributed by atoms with Gasteiger partial charge in [-0.3, -0.25) is 0 Å². The minimum atomic E-state index is -1.79. The van der Waals surface area contributed by atoms with Crippen molar-refractivity contribution >= 4 is 53.0 Å². The van der Waals surface area contributed by atoms with Gasteiger partial charge in [0.05, 0.1) is 0 Å². The zero-order valence-electron chi connectivity index (χ0n) is 23.3. The molecule has 0 spiro atoms. The third-order valence-electron chi connectivity index (χ3n) is 10.9. The van der Waals surface area contributed by atoms with E-state index in [1.807, 2.05) is 20.7 Å². The Bertz CT molecular complexity index is 899. The monoisotopic (exact) mass is 520 g/mol. The van der Waals surface area contributed by atoms with Crippen LogP contribution in [0, 0.1) is 0 Å². The van der Waals surface area contributed by atoms with E-state index in [1.54, 1.807) is 0 Å². The van der Waals surface area contributed by atoms with Crippen LogP contribution in [-0.2, 0) is 0 Å². The number of fused-ring (bicyclic) bond motifs is 2. The van der Waals surface area contributed by atoms with Gasteiger partial charge in [0.25, 0.3) is 0 Å². The van der Waals surface area contributed by atoms with Crippen molar-refractivity contribution in [1.82, 2.24) is 0 Å².